The van der Waals surface area contributed by atoms with Gasteiger partial charge < -0.3 is 5.32 Å². The SMILES string of the molecule is CC.Cc1nc2cc(F)c(-c3ccc(P(C)C)nc3)nc2c(NCc2ccccc2)c1Cl. The number of aromatic nitrogens is 3. The number of benzene rings is 1. The Kier molecular flexibility index (Phi) is 8.11. The maximum absolute atomic E-state index is 14.9. The van der Waals surface area contributed by atoms with E-state index in [0.717, 1.165) is 11.0 Å². The molecule has 3 aromatic heterocycles. The molecule has 166 valence electrons. The van der Waals surface area contributed by atoms with Gasteiger partial charge in [0.05, 0.1) is 27.4 Å². The molecule has 0 amide bonds. The first-order valence-corrected chi connectivity index (χ1v) is 13.1. The topological polar surface area (TPSA) is 50.7 Å². The summed E-state index contributed by atoms with van der Waals surface area (Å²) in [5.74, 6) is -0.435. The van der Waals surface area contributed by atoms with Crippen LogP contribution in [0.1, 0.15) is 25.1 Å². The minimum absolute atomic E-state index is 0.238. The van der Waals surface area contributed by atoms with E-state index in [1.165, 1.54) is 6.07 Å². The molecule has 0 saturated heterocycles. The smallest absolute Gasteiger partial charge is 0.151 e. The Balaban J connectivity index is 0.00000141. The zero-order chi connectivity index (χ0) is 23.3. The first-order valence-electron chi connectivity index (χ1n) is 10.5. The molecule has 0 aliphatic heterocycles. The lowest BCUT2D eigenvalue weighted by molar-refractivity contribution is 0.628. The van der Waals surface area contributed by atoms with Gasteiger partial charge in [-0.3, -0.25) is 4.98 Å². The zero-order valence-corrected chi connectivity index (χ0v) is 20.6. The quantitative estimate of drug-likeness (QED) is 0.327. The number of anilines is 1. The second kappa shape index (κ2) is 10.8. The Hall–Kier alpha value is -2.62. The van der Waals surface area contributed by atoms with Crippen LogP contribution in [0.2, 0.25) is 5.02 Å². The van der Waals surface area contributed by atoms with Crippen LogP contribution in [0.5, 0.6) is 0 Å². The van der Waals surface area contributed by atoms with Crippen LogP contribution < -0.4 is 10.8 Å². The summed E-state index contributed by atoms with van der Waals surface area (Å²) in [6.07, 6.45) is 1.68. The van der Waals surface area contributed by atoms with Crippen LogP contribution in [0, 0.1) is 12.7 Å². The molecule has 0 spiro atoms. The molecule has 4 aromatic rings. The van der Waals surface area contributed by atoms with E-state index in [9.17, 15) is 4.39 Å². The van der Waals surface area contributed by atoms with E-state index < -0.39 is 5.82 Å². The molecule has 0 fully saturated rings. The van der Waals surface area contributed by atoms with Gasteiger partial charge in [0.25, 0.3) is 0 Å². The zero-order valence-electron chi connectivity index (χ0n) is 18.9. The van der Waals surface area contributed by atoms with Gasteiger partial charge in [-0.2, -0.15) is 0 Å². The van der Waals surface area contributed by atoms with Crippen molar-refractivity contribution in [3.8, 4) is 11.3 Å². The van der Waals surface area contributed by atoms with E-state index in [2.05, 4.69) is 33.6 Å². The summed E-state index contributed by atoms with van der Waals surface area (Å²) in [7, 11) is -0.316. The monoisotopic (exact) mass is 468 g/mol. The van der Waals surface area contributed by atoms with Crippen LogP contribution >= 0.6 is 19.5 Å². The third-order valence-electron chi connectivity index (χ3n) is 4.81. The van der Waals surface area contributed by atoms with Crippen molar-refractivity contribution in [3.63, 3.8) is 0 Å². The fourth-order valence-corrected chi connectivity index (χ4v) is 4.06. The van der Waals surface area contributed by atoms with E-state index in [4.69, 9.17) is 11.6 Å². The molecule has 0 atom stereocenters. The summed E-state index contributed by atoms with van der Waals surface area (Å²) < 4.78 is 14.9. The summed E-state index contributed by atoms with van der Waals surface area (Å²) in [4.78, 5) is 13.5. The second-order valence-corrected chi connectivity index (χ2v) is 9.84. The molecule has 0 bridgehead atoms. The summed E-state index contributed by atoms with van der Waals surface area (Å²) >= 11 is 6.56. The van der Waals surface area contributed by atoms with Crippen LogP contribution in [-0.4, -0.2) is 28.3 Å². The number of halogens is 2. The Morgan fingerprint density at radius 2 is 1.75 bits per heavy atom. The minimum atomic E-state index is -0.435. The molecule has 32 heavy (non-hydrogen) atoms. The highest BCUT2D eigenvalue weighted by Gasteiger charge is 2.17. The summed E-state index contributed by atoms with van der Waals surface area (Å²) in [5.41, 5.74) is 5.26. The number of nitrogens with one attached hydrogen (secondary N) is 1. The maximum atomic E-state index is 14.9. The molecule has 0 aliphatic carbocycles. The number of rotatable bonds is 5. The summed E-state index contributed by atoms with van der Waals surface area (Å²) in [5, 5.41) is 3.85. The van der Waals surface area contributed by atoms with E-state index in [-0.39, 0.29) is 13.6 Å². The van der Waals surface area contributed by atoms with E-state index in [1.807, 2.05) is 56.3 Å². The Labute approximate surface area is 195 Å². The molecule has 1 aromatic carbocycles. The molecule has 0 radical (unpaired) electrons. The normalized spacial score (nSPS) is 10.8. The highest BCUT2D eigenvalue weighted by molar-refractivity contribution is 7.63. The summed E-state index contributed by atoms with van der Waals surface area (Å²) in [6.45, 7) is 10.6. The lowest BCUT2D eigenvalue weighted by atomic mass is 10.1. The molecule has 4 nitrogen and oxygen atoms in total. The molecule has 1 N–H and O–H groups in total. The highest BCUT2D eigenvalue weighted by Crippen LogP contribution is 2.34. The third kappa shape index (κ3) is 5.23. The first kappa shape index (κ1) is 24.0. The molecule has 0 aliphatic rings. The van der Waals surface area contributed by atoms with Crippen LogP contribution in [0.4, 0.5) is 10.1 Å². The van der Waals surface area contributed by atoms with Gasteiger partial charge in [0.15, 0.2) is 5.82 Å². The lowest BCUT2D eigenvalue weighted by Crippen LogP contribution is -2.06. The van der Waals surface area contributed by atoms with Crippen molar-refractivity contribution in [2.75, 3.05) is 18.6 Å². The molecule has 0 saturated carbocycles. The maximum Gasteiger partial charge on any atom is 0.151 e. The summed E-state index contributed by atoms with van der Waals surface area (Å²) in [6, 6.07) is 15.2. The number of hydrogen-bond donors (Lipinski definition) is 1. The fourth-order valence-electron chi connectivity index (χ4n) is 3.20. The molecule has 3 heterocycles. The Morgan fingerprint density at radius 1 is 1.03 bits per heavy atom. The van der Waals surface area contributed by atoms with E-state index >= 15 is 0 Å². The van der Waals surface area contributed by atoms with Gasteiger partial charge in [-0.1, -0.05) is 63.7 Å². The average Bonchev–Trinajstić information content (AvgIpc) is 2.81. The minimum Gasteiger partial charge on any atom is -0.378 e. The van der Waals surface area contributed by atoms with Crippen LogP contribution in [-0.2, 0) is 6.54 Å². The van der Waals surface area contributed by atoms with Gasteiger partial charge in [-0.25, -0.2) is 14.4 Å². The van der Waals surface area contributed by atoms with Crippen molar-refractivity contribution in [2.45, 2.75) is 27.3 Å². The highest BCUT2D eigenvalue weighted by atomic mass is 35.5. The van der Waals surface area contributed by atoms with Gasteiger partial charge in [0.2, 0.25) is 0 Å². The van der Waals surface area contributed by atoms with Crippen molar-refractivity contribution in [3.05, 3.63) is 76.8 Å². The largest absolute Gasteiger partial charge is 0.378 e. The standard InChI is InChI=1S/C23H21ClFN4P.C2H6/c1-14-20(24)23(27-12-15-7-5-4-6-8-15)22-18(28-14)11-17(25)21(29-22)16-9-10-19(26-13-16)30(2)3;1-2/h4-11,13H,12H2,1-3H3,(H,27,28);1-2H3. The van der Waals surface area contributed by atoms with Gasteiger partial charge >= 0.3 is 0 Å². The molecule has 7 heteroatoms. The Bertz CT molecular complexity index is 1200. The number of fused-ring (bicyclic) bond motifs is 1. The van der Waals surface area contributed by atoms with Crippen molar-refractivity contribution in [1.82, 2.24) is 15.0 Å². The predicted octanol–water partition coefficient (Wildman–Crippen LogP) is 6.80. The molecule has 4 rings (SSSR count). The van der Waals surface area contributed by atoms with Crippen molar-refractivity contribution < 1.29 is 4.39 Å². The first-order chi connectivity index (χ1) is 15.4. The van der Waals surface area contributed by atoms with E-state index in [0.29, 0.717) is 39.5 Å². The Morgan fingerprint density at radius 3 is 2.38 bits per heavy atom. The lowest BCUT2D eigenvalue weighted by Gasteiger charge is -2.14. The van der Waals surface area contributed by atoms with E-state index in [1.54, 1.807) is 13.1 Å². The second-order valence-electron chi connectivity index (χ2n) is 7.21. The van der Waals surface area contributed by atoms with Gasteiger partial charge in [0.1, 0.15) is 11.2 Å². The third-order valence-corrected chi connectivity index (χ3v) is 6.45. The number of aryl methyl sites for hydroxylation is 1. The predicted molar refractivity (Wildman–Crippen MR) is 136 cm³/mol. The fraction of sp³-hybridized carbons (Fsp3) is 0.240. The van der Waals surface area contributed by atoms with Gasteiger partial charge in [-0.05, 0) is 37.9 Å². The number of pyridine rings is 3. The van der Waals surface area contributed by atoms with Crippen LogP contribution in [0.15, 0.2) is 54.7 Å². The molecular weight excluding hydrogens is 442 g/mol. The van der Waals surface area contributed by atoms with Crippen molar-refractivity contribution in [1.29, 1.82) is 0 Å². The van der Waals surface area contributed by atoms with Crippen molar-refractivity contribution >= 4 is 41.7 Å². The molecule has 0 unspecified atom stereocenters. The average molecular weight is 469 g/mol. The number of hydrogen-bond acceptors (Lipinski definition) is 4. The van der Waals surface area contributed by atoms with Crippen LogP contribution in [0.25, 0.3) is 22.3 Å². The van der Waals surface area contributed by atoms with Crippen molar-refractivity contribution in [2.24, 2.45) is 0 Å². The van der Waals surface area contributed by atoms with Gasteiger partial charge in [-0.15, -0.1) is 0 Å². The molecular formula is C25H27ClFN4P. The van der Waals surface area contributed by atoms with Gasteiger partial charge in [0, 0.05) is 24.4 Å². The van der Waals surface area contributed by atoms with Crippen LogP contribution in [0.3, 0.4) is 0 Å². The number of nitrogens with zero attached hydrogens (tertiary/aromatic N) is 3.